The van der Waals surface area contributed by atoms with Crippen LogP contribution in [0.15, 0.2) is 28.6 Å². The second-order valence-electron chi connectivity index (χ2n) is 6.13. The topological polar surface area (TPSA) is 60.5 Å². The Morgan fingerprint density at radius 2 is 2.08 bits per heavy atom. The highest BCUT2D eigenvalue weighted by atomic mass is 32.2. The third-order valence-corrected chi connectivity index (χ3v) is 6.62. The van der Waals surface area contributed by atoms with E-state index in [1.54, 1.807) is 11.3 Å². The van der Waals surface area contributed by atoms with E-state index in [-0.39, 0.29) is 24.2 Å². The summed E-state index contributed by atoms with van der Waals surface area (Å²) in [5, 5.41) is 3.14. The van der Waals surface area contributed by atoms with Gasteiger partial charge in [0.15, 0.2) is 4.34 Å². The smallest absolute Gasteiger partial charge is 0.230 e. The first-order chi connectivity index (χ1) is 11.8. The van der Waals surface area contributed by atoms with E-state index < -0.39 is 0 Å². The Labute approximate surface area is 149 Å². The van der Waals surface area contributed by atoms with E-state index in [1.807, 2.05) is 18.2 Å². The van der Waals surface area contributed by atoms with Gasteiger partial charge < -0.3 is 14.8 Å². The Morgan fingerprint density at radius 1 is 1.25 bits per heavy atom. The summed E-state index contributed by atoms with van der Waals surface area (Å²) in [6, 6.07) is 8.24. The predicted molar refractivity (Wildman–Crippen MR) is 95.6 cm³/mol. The van der Waals surface area contributed by atoms with Gasteiger partial charge in [-0.05, 0) is 31.4 Å². The summed E-state index contributed by atoms with van der Waals surface area (Å²) >= 11 is 3.14. The minimum absolute atomic E-state index is 0.0689. The Bertz CT molecular complexity index is 688. The maximum Gasteiger partial charge on any atom is 0.230 e. The molecule has 4 rings (SSSR count). The van der Waals surface area contributed by atoms with Crippen molar-refractivity contribution >= 4 is 39.2 Å². The fourth-order valence-electron chi connectivity index (χ4n) is 3.31. The summed E-state index contributed by atoms with van der Waals surface area (Å²) < 4.78 is 13.6. The van der Waals surface area contributed by atoms with Crippen molar-refractivity contribution in [1.82, 2.24) is 10.3 Å². The first-order valence-corrected chi connectivity index (χ1v) is 10.1. The van der Waals surface area contributed by atoms with Crippen LogP contribution >= 0.6 is 23.1 Å². The van der Waals surface area contributed by atoms with Crippen LogP contribution in [0.2, 0.25) is 0 Å². The summed E-state index contributed by atoms with van der Waals surface area (Å²) in [5.74, 6) is 0.473. The van der Waals surface area contributed by atoms with Crippen LogP contribution in [-0.4, -0.2) is 48.1 Å². The number of carbonyl (C=O) groups is 1. The number of hydrogen-bond acceptors (Lipinski definition) is 6. The summed E-state index contributed by atoms with van der Waals surface area (Å²) in [4.78, 5) is 16.8. The fraction of sp³-hybridized carbons (Fsp3) is 0.529. The van der Waals surface area contributed by atoms with Gasteiger partial charge in [0, 0.05) is 6.04 Å². The zero-order valence-electron chi connectivity index (χ0n) is 13.3. The number of nitrogens with one attached hydrogen (secondary N) is 1. The van der Waals surface area contributed by atoms with Crippen molar-refractivity contribution < 1.29 is 14.3 Å². The van der Waals surface area contributed by atoms with Gasteiger partial charge in [-0.25, -0.2) is 4.98 Å². The van der Waals surface area contributed by atoms with E-state index in [0.717, 1.165) is 33.8 Å². The molecule has 1 aliphatic carbocycles. The van der Waals surface area contributed by atoms with E-state index in [2.05, 4.69) is 16.4 Å². The molecule has 1 amide bonds. The first kappa shape index (κ1) is 16.3. The lowest BCUT2D eigenvalue weighted by molar-refractivity contribution is -0.158. The van der Waals surface area contributed by atoms with E-state index in [1.165, 1.54) is 11.8 Å². The molecule has 0 radical (unpaired) electrons. The maximum absolute atomic E-state index is 12.2. The highest BCUT2D eigenvalue weighted by molar-refractivity contribution is 8.01. The van der Waals surface area contributed by atoms with Crippen LogP contribution in [0.5, 0.6) is 0 Å². The predicted octanol–water partition coefficient (Wildman–Crippen LogP) is 2.84. The zero-order chi connectivity index (χ0) is 16.4. The van der Waals surface area contributed by atoms with Crippen LogP contribution in [0.4, 0.5) is 0 Å². The van der Waals surface area contributed by atoms with Gasteiger partial charge in [0.25, 0.3) is 0 Å². The number of amides is 1. The molecule has 0 bridgehead atoms. The van der Waals surface area contributed by atoms with Gasteiger partial charge in [0.2, 0.25) is 5.91 Å². The van der Waals surface area contributed by atoms with Gasteiger partial charge in [0.05, 0.1) is 41.4 Å². The molecule has 24 heavy (non-hydrogen) atoms. The number of aromatic nitrogens is 1. The monoisotopic (exact) mass is 364 g/mol. The minimum atomic E-state index is 0.0689. The largest absolute Gasteiger partial charge is 0.373 e. The van der Waals surface area contributed by atoms with Crippen molar-refractivity contribution in [3.63, 3.8) is 0 Å². The van der Waals surface area contributed by atoms with Gasteiger partial charge >= 0.3 is 0 Å². The minimum Gasteiger partial charge on any atom is -0.373 e. The SMILES string of the molecule is O=C(CSc1nc2ccccc2s1)NC1CCC2OCCOC2C1. The lowest BCUT2D eigenvalue weighted by Crippen LogP contribution is -2.49. The lowest BCUT2D eigenvalue weighted by atomic mass is 9.89. The molecule has 0 spiro atoms. The number of carbonyl (C=O) groups excluding carboxylic acids is 1. The van der Waals surface area contributed by atoms with Crippen molar-refractivity contribution in [2.75, 3.05) is 19.0 Å². The average molecular weight is 364 g/mol. The standard InChI is InChI=1S/C17H20N2O3S2/c20-16(10-23-17-19-12-3-1-2-4-15(12)24-17)18-11-5-6-13-14(9-11)22-8-7-21-13/h1-4,11,13-14H,5-10H2,(H,18,20). The second kappa shape index (κ2) is 7.39. The number of thiazole rings is 1. The molecule has 7 heteroatoms. The third-order valence-electron chi connectivity index (χ3n) is 4.44. The van der Waals surface area contributed by atoms with Crippen molar-refractivity contribution in [3.8, 4) is 0 Å². The van der Waals surface area contributed by atoms with Crippen LogP contribution in [0.1, 0.15) is 19.3 Å². The molecule has 5 nitrogen and oxygen atoms in total. The fourth-order valence-corrected chi connectivity index (χ4v) is 5.19. The molecule has 1 aliphatic heterocycles. The number of ether oxygens (including phenoxy) is 2. The van der Waals surface area contributed by atoms with E-state index in [0.29, 0.717) is 19.0 Å². The molecular formula is C17H20N2O3S2. The number of hydrogen-bond donors (Lipinski definition) is 1. The van der Waals surface area contributed by atoms with Crippen LogP contribution < -0.4 is 5.32 Å². The quantitative estimate of drug-likeness (QED) is 0.846. The number of nitrogens with zero attached hydrogens (tertiary/aromatic N) is 1. The van der Waals surface area contributed by atoms with Crippen LogP contribution in [0.25, 0.3) is 10.2 Å². The Hall–Kier alpha value is -1.15. The normalized spacial score (nSPS) is 26.9. The van der Waals surface area contributed by atoms with Crippen molar-refractivity contribution in [3.05, 3.63) is 24.3 Å². The van der Waals surface area contributed by atoms with Crippen molar-refractivity contribution in [2.45, 2.75) is 41.9 Å². The van der Waals surface area contributed by atoms with E-state index >= 15 is 0 Å². The third kappa shape index (κ3) is 3.74. The highest BCUT2D eigenvalue weighted by Gasteiger charge is 2.34. The molecule has 1 N–H and O–H groups in total. The Kier molecular flexibility index (Phi) is 5.03. The lowest BCUT2D eigenvalue weighted by Gasteiger charge is -2.39. The molecule has 128 valence electrons. The van der Waals surface area contributed by atoms with E-state index in [4.69, 9.17) is 9.47 Å². The van der Waals surface area contributed by atoms with Gasteiger partial charge in [-0.3, -0.25) is 4.79 Å². The maximum atomic E-state index is 12.2. The highest BCUT2D eigenvalue weighted by Crippen LogP contribution is 2.30. The molecule has 1 aromatic heterocycles. The molecule has 2 fully saturated rings. The van der Waals surface area contributed by atoms with Gasteiger partial charge in [-0.2, -0.15) is 0 Å². The van der Waals surface area contributed by atoms with E-state index in [9.17, 15) is 4.79 Å². The van der Waals surface area contributed by atoms with Crippen LogP contribution in [0, 0.1) is 0 Å². The number of thioether (sulfide) groups is 1. The number of fused-ring (bicyclic) bond motifs is 2. The summed E-state index contributed by atoms with van der Waals surface area (Å²) in [7, 11) is 0. The summed E-state index contributed by atoms with van der Waals surface area (Å²) in [5.41, 5.74) is 0.998. The molecular weight excluding hydrogens is 344 g/mol. The number of rotatable bonds is 4. The van der Waals surface area contributed by atoms with Gasteiger partial charge in [-0.1, -0.05) is 23.9 Å². The molecule has 2 aliphatic rings. The Morgan fingerprint density at radius 3 is 2.96 bits per heavy atom. The van der Waals surface area contributed by atoms with Gasteiger partial charge in [-0.15, -0.1) is 11.3 Å². The number of benzene rings is 1. The van der Waals surface area contributed by atoms with Crippen LogP contribution in [0.3, 0.4) is 0 Å². The molecule has 1 saturated heterocycles. The Balaban J connectivity index is 1.27. The number of para-hydroxylation sites is 1. The second-order valence-corrected chi connectivity index (χ2v) is 8.39. The van der Waals surface area contributed by atoms with Crippen LogP contribution in [-0.2, 0) is 14.3 Å². The average Bonchev–Trinajstić information content (AvgIpc) is 3.03. The zero-order valence-corrected chi connectivity index (χ0v) is 14.9. The molecule has 1 aromatic carbocycles. The molecule has 1 saturated carbocycles. The van der Waals surface area contributed by atoms with Crippen molar-refractivity contribution in [1.29, 1.82) is 0 Å². The molecule has 3 unspecified atom stereocenters. The molecule has 2 heterocycles. The summed E-state index contributed by atoms with van der Waals surface area (Å²) in [6.45, 7) is 1.35. The van der Waals surface area contributed by atoms with Gasteiger partial charge in [0.1, 0.15) is 0 Å². The molecule has 3 atom stereocenters. The summed E-state index contributed by atoms with van der Waals surface area (Å²) in [6.07, 6.45) is 3.11. The molecule has 2 aromatic rings. The van der Waals surface area contributed by atoms with Crippen molar-refractivity contribution in [2.24, 2.45) is 0 Å². The first-order valence-electron chi connectivity index (χ1n) is 8.29.